The van der Waals surface area contributed by atoms with Crippen molar-refractivity contribution < 1.29 is 19.2 Å². The third-order valence-corrected chi connectivity index (χ3v) is 5.65. The molecule has 0 aliphatic carbocycles. The highest BCUT2D eigenvalue weighted by atomic mass is 16.2. The molecule has 1 aromatic carbocycles. The van der Waals surface area contributed by atoms with Gasteiger partial charge in [-0.15, -0.1) is 0 Å². The third-order valence-electron chi connectivity index (χ3n) is 5.65. The quantitative estimate of drug-likeness (QED) is 0.795. The van der Waals surface area contributed by atoms with E-state index in [0.717, 1.165) is 24.1 Å². The van der Waals surface area contributed by atoms with Crippen molar-refractivity contribution in [2.45, 2.75) is 44.7 Å². The van der Waals surface area contributed by atoms with Crippen LogP contribution in [-0.2, 0) is 20.9 Å². The first-order chi connectivity index (χ1) is 12.4. The molecule has 7 heteroatoms. The monoisotopic (exact) mass is 355 g/mol. The van der Waals surface area contributed by atoms with Gasteiger partial charge in [0.15, 0.2) is 0 Å². The summed E-state index contributed by atoms with van der Waals surface area (Å²) in [5.41, 5.74) is 2.67. The number of benzene rings is 1. The summed E-state index contributed by atoms with van der Waals surface area (Å²) in [5, 5.41) is 2.32. The minimum Gasteiger partial charge on any atom is -0.342 e. The molecule has 0 radical (unpaired) electrons. The lowest BCUT2D eigenvalue weighted by Gasteiger charge is -2.29. The van der Waals surface area contributed by atoms with Crippen LogP contribution in [-0.4, -0.2) is 52.6 Å². The van der Waals surface area contributed by atoms with Gasteiger partial charge in [-0.1, -0.05) is 12.1 Å². The minimum absolute atomic E-state index is 0.0906. The molecule has 3 aliphatic heterocycles. The molecule has 4 rings (SSSR count). The van der Waals surface area contributed by atoms with Crippen molar-refractivity contribution in [1.29, 1.82) is 0 Å². The summed E-state index contributed by atoms with van der Waals surface area (Å²) >= 11 is 0. The van der Waals surface area contributed by atoms with Gasteiger partial charge in [0.25, 0.3) is 5.91 Å². The summed E-state index contributed by atoms with van der Waals surface area (Å²) in [6.07, 6.45) is 1.54. The molecule has 0 aromatic heterocycles. The van der Waals surface area contributed by atoms with Crippen molar-refractivity contribution in [2.24, 2.45) is 0 Å². The standard InChI is InChI=1S/C19H21N3O4/c1-11(23)21-7-6-13(9-21)12-2-3-15-14(8-12)10-22(19(15)26)16-4-5-17(24)20-18(16)25/h2-3,8,13,16H,4-7,9-10H2,1H3,(H,20,24,25)/t13-,16+/m0/s1. The fourth-order valence-electron chi connectivity index (χ4n) is 4.17. The Morgan fingerprint density at radius 1 is 1.19 bits per heavy atom. The Morgan fingerprint density at radius 2 is 2.00 bits per heavy atom. The first-order valence-corrected chi connectivity index (χ1v) is 8.97. The predicted molar refractivity (Wildman–Crippen MR) is 92.1 cm³/mol. The molecule has 2 atom stereocenters. The van der Waals surface area contributed by atoms with E-state index in [2.05, 4.69) is 5.32 Å². The Labute approximate surface area is 151 Å². The Morgan fingerprint density at radius 3 is 2.69 bits per heavy atom. The van der Waals surface area contributed by atoms with Crippen LogP contribution >= 0.6 is 0 Å². The molecule has 3 heterocycles. The van der Waals surface area contributed by atoms with E-state index in [1.54, 1.807) is 11.8 Å². The van der Waals surface area contributed by atoms with Crippen LogP contribution in [0, 0.1) is 0 Å². The molecular formula is C19H21N3O4. The molecular weight excluding hydrogens is 334 g/mol. The first kappa shape index (κ1) is 16.8. The number of carbonyl (C=O) groups excluding carboxylic acids is 4. The number of carbonyl (C=O) groups is 4. The highest BCUT2D eigenvalue weighted by molar-refractivity contribution is 6.05. The second kappa shape index (κ2) is 6.23. The average Bonchev–Trinajstić information content (AvgIpc) is 3.20. The molecule has 2 fully saturated rings. The van der Waals surface area contributed by atoms with Crippen molar-refractivity contribution in [2.75, 3.05) is 13.1 Å². The minimum atomic E-state index is -0.587. The predicted octanol–water partition coefficient (Wildman–Crippen LogP) is 0.783. The zero-order chi connectivity index (χ0) is 18.4. The van der Waals surface area contributed by atoms with Gasteiger partial charge < -0.3 is 9.80 Å². The number of amides is 4. The number of hydrogen-bond donors (Lipinski definition) is 1. The maximum absolute atomic E-state index is 12.7. The normalized spacial score (nSPS) is 25.5. The topological polar surface area (TPSA) is 86.8 Å². The van der Waals surface area contributed by atoms with Gasteiger partial charge in [-0.25, -0.2) is 0 Å². The Kier molecular flexibility index (Phi) is 4.01. The van der Waals surface area contributed by atoms with E-state index in [4.69, 9.17) is 0 Å². The van der Waals surface area contributed by atoms with E-state index in [0.29, 0.717) is 25.1 Å². The molecule has 2 saturated heterocycles. The van der Waals surface area contributed by atoms with Gasteiger partial charge in [0, 0.05) is 44.5 Å². The van der Waals surface area contributed by atoms with Crippen molar-refractivity contribution in [3.8, 4) is 0 Å². The van der Waals surface area contributed by atoms with Gasteiger partial charge in [-0.3, -0.25) is 24.5 Å². The van der Waals surface area contributed by atoms with Crippen LogP contribution in [0.4, 0.5) is 0 Å². The lowest BCUT2D eigenvalue weighted by molar-refractivity contribution is -0.137. The first-order valence-electron chi connectivity index (χ1n) is 8.97. The average molecular weight is 355 g/mol. The molecule has 1 aromatic rings. The molecule has 0 bridgehead atoms. The van der Waals surface area contributed by atoms with Gasteiger partial charge in [-0.2, -0.15) is 0 Å². The van der Waals surface area contributed by atoms with Crippen LogP contribution in [0.15, 0.2) is 18.2 Å². The number of piperidine rings is 1. The van der Waals surface area contributed by atoms with E-state index in [-0.39, 0.29) is 30.1 Å². The Balaban J connectivity index is 1.53. The lowest BCUT2D eigenvalue weighted by Crippen LogP contribution is -2.52. The van der Waals surface area contributed by atoms with Gasteiger partial charge in [-0.05, 0) is 30.0 Å². The number of nitrogens with one attached hydrogen (secondary N) is 1. The van der Waals surface area contributed by atoms with E-state index < -0.39 is 11.9 Å². The number of rotatable bonds is 2. The number of nitrogens with zero attached hydrogens (tertiary/aromatic N) is 2. The van der Waals surface area contributed by atoms with Gasteiger partial charge in [0.2, 0.25) is 17.7 Å². The maximum atomic E-state index is 12.7. The maximum Gasteiger partial charge on any atom is 0.255 e. The zero-order valence-electron chi connectivity index (χ0n) is 14.7. The smallest absolute Gasteiger partial charge is 0.255 e. The zero-order valence-corrected chi connectivity index (χ0v) is 14.7. The van der Waals surface area contributed by atoms with Crippen LogP contribution < -0.4 is 5.32 Å². The Bertz CT molecular complexity index is 819. The van der Waals surface area contributed by atoms with Crippen molar-refractivity contribution in [3.05, 3.63) is 34.9 Å². The van der Waals surface area contributed by atoms with Crippen LogP contribution in [0.25, 0.3) is 0 Å². The van der Waals surface area contributed by atoms with E-state index >= 15 is 0 Å². The summed E-state index contributed by atoms with van der Waals surface area (Å²) in [6, 6.07) is 5.23. The number of fused-ring (bicyclic) bond motifs is 1. The number of likely N-dealkylation sites (tertiary alicyclic amines) is 1. The SMILES string of the molecule is CC(=O)N1CC[C@H](c2ccc3c(c2)CN([C@@H]2CCC(=O)NC2=O)C3=O)C1. The highest BCUT2D eigenvalue weighted by Crippen LogP contribution is 2.33. The molecule has 0 spiro atoms. The molecule has 0 saturated carbocycles. The van der Waals surface area contributed by atoms with Gasteiger partial charge in [0.05, 0.1) is 0 Å². The molecule has 1 N–H and O–H groups in total. The van der Waals surface area contributed by atoms with Crippen LogP contribution in [0.2, 0.25) is 0 Å². The molecule has 26 heavy (non-hydrogen) atoms. The summed E-state index contributed by atoms with van der Waals surface area (Å²) in [4.78, 5) is 51.1. The molecule has 3 aliphatic rings. The number of imide groups is 1. The van der Waals surface area contributed by atoms with Gasteiger partial charge in [0.1, 0.15) is 6.04 Å². The second-order valence-corrected chi connectivity index (χ2v) is 7.27. The Hall–Kier alpha value is -2.70. The molecule has 0 unspecified atom stereocenters. The highest BCUT2D eigenvalue weighted by Gasteiger charge is 2.39. The summed E-state index contributed by atoms with van der Waals surface area (Å²) in [6.45, 7) is 3.44. The third kappa shape index (κ3) is 2.77. The summed E-state index contributed by atoms with van der Waals surface area (Å²) < 4.78 is 0. The van der Waals surface area contributed by atoms with Crippen molar-refractivity contribution in [1.82, 2.24) is 15.1 Å². The molecule has 7 nitrogen and oxygen atoms in total. The second-order valence-electron chi connectivity index (χ2n) is 7.27. The molecule has 136 valence electrons. The van der Waals surface area contributed by atoms with E-state index in [1.807, 2.05) is 23.1 Å². The fraction of sp³-hybridized carbons (Fsp3) is 0.474. The van der Waals surface area contributed by atoms with Crippen LogP contribution in [0.5, 0.6) is 0 Å². The summed E-state index contributed by atoms with van der Waals surface area (Å²) in [7, 11) is 0. The van der Waals surface area contributed by atoms with Crippen LogP contribution in [0.1, 0.15) is 53.6 Å². The fourth-order valence-corrected chi connectivity index (χ4v) is 4.17. The number of hydrogen-bond acceptors (Lipinski definition) is 4. The largest absolute Gasteiger partial charge is 0.342 e. The van der Waals surface area contributed by atoms with E-state index in [9.17, 15) is 19.2 Å². The van der Waals surface area contributed by atoms with Crippen molar-refractivity contribution in [3.63, 3.8) is 0 Å². The van der Waals surface area contributed by atoms with E-state index in [1.165, 1.54) is 0 Å². The lowest BCUT2D eigenvalue weighted by atomic mass is 9.95. The molecule has 4 amide bonds. The van der Waals surface area contributed by atoms with Gasteiger partial charge >= 0.3 is 0 Å². The summed E-state index contributed by atoms with van der Waals surface area (Å²) in [5.74, 6) is -0.459. The van der Waals surface area contributed by atoms with Crippen molar-refractivity contribution >= 4 is 23.6 Å². The van der Waals surface area contributed by atoms with Crippen LogP contribution in [0.3, 0.4) is 0 Å².